The van der Waals surface area contributed by atoms with Crippen LogP contribution in [-0.2, 0) is 4.79 Å². The highest BCUT2D eigenvalue weighted by atomic mass is 16.4. The molecule has 2 rings (SSSR count). The van der Waals surface area contributed by atoms with Crippen molar-refractivity contribution >= 4 is 11.9 Å². The highest BCUT2D eigenvalue weighted by Crippen LogP contribution is 2.24. The lowest BCUT2D eigenvalue weighted by Gasteiger charge is -2.27. The smallest absolute Gasteiger partial charge is 0.325 e. The highest BCUT2D eigenvalue weighted by Gasteiger charge is 2.28. The molecule has 1 aliphatic rings. The highest BCUT2D eigenvalue weighted by molar-refractivity contribution is 5.93. The van der Waals surface area contributed by atoms with Gasteiger partial charge in [0.15, 0.2) is 0 Å². The van der Waals surface area contributed by atoms with E-state index in [4.69, 9.17) is 5.11 Å². The first kappa shape index (κ1) is 14.0. The molecule has 1 aliphatic carbocycles. The van der Waals surface area contributed by atoms with Crippen molar-refractivity contribution in [2.75, 3.05) is 0 Å². The maximum Gasteiger partial charge on any atom is 0.325 e. The summed E-state index contributed by atoms with van der Waals surface area (Å²) in [5, 5.41) is 11.6. The van der Waals surface area contributed by atoms with E-state index in [0.29, 0.717) is 25.7 Å². The Morgan fingerprint density at radius 3 is 2.70 bits per heavy atom. The molecule has 2 atom stereocenters. The summed E-state index contributed by atoms with van der Waals surface area (Å²) in [5.41, 5.74) is -1.64. The van der Waals surface area contributed by atoms with Crippen LogP contribution in [0.25, 0.3) is 0 Å². The van der Waals surface area contributed by atoms with Crippen LogP contribution >= 0.6 is 0 Å². The Hall–Kier alpha value is -2.38. The summed E-state index contributed by atoms with van der Waals surface area (Å²) in [4.78, 5) is 49.4. The zero-order valence-corrected chi connectivity index (χ0v) is 10.6. The second kappa shape index (κ2) is 5.72. The van der Waals surface area contributed by atoms with Crippen molar-refractivity contribution in [1.29, 1.82) is 0 Å². The fraction of sp³-hybridized carbons (Fsp3) is 0.500. The van der Waals surface area contributed by atoms with Crippen molar-refractivity contribution in [3.8, 4) is 0 Å². The molecule has 8 nitrogen and oxygen atoms in total. The van der Waals surface area contributed by atoms with E-state index in [1.165, 1.54) is 0 Å². The molecule has 1 amide bonds. The Labute approximate surface area is 113 Å². The SMILES string of the molecule is O=C(NC1CCCC(C(=O)O)C1)c1c[nH]c(=O)[nH]c1=O. The second-order valence-corrected chi connectivity index (χ2v) is 4.86. The number of rotatable bonds is 3. The topological polar surface area (TPSA) is 132 Å². The fourth-order valence-electron chi connectivity index (χ4n) is 2.39. The van der Waals surface area contributed by atoms with E-state index in [0.717, 1.165) is 6.20 Å². The van der Waals surface area contributed by atoms with E-state index in [1.807, 2.05) is 4.98 Å². The van der Waals surface area contributed by atoms with Crippen LogP contribution in [0.15, 0.2) is 15.8 Å². The molecule has 108 valence electrons. The van der Waals surface area contributed by atoms with Gasteiger partial charge in [0.25, 0.3) is 11.5 Å². The lowest BCUT2D eigenvalue weighted by atomic mass is 9.85. The molecule has 1 saturated carbocycles. The Bertz CT molecular complexity index is 632. The molecule has 8 heteroatoms. The molecule has 0 aromatic carbocycles. The summed E-state index contributed by atoms with van der Waals surface area (Å²) in [7, 11) is 0. The van der Waals surface area contributed by atoms with Gasteiger partial charge in [-0.05, 0) is 19.3 Å². The summed E-state index contributed by atoms with van der Waals surface area (Å²) in [6.07, 6.45) is 3.39. The summed E-state index contributed by atoms with van der Waals surface area (Å²) < 4.78 is 0. The quantitative estimate of drug-likeness (QED) is 0.589. The molecule has 4 N–H and O–H groups in total. The summed E-state index contributed by atoms with van der Waals surface area (Å²) >= 11 is 0. The molecule has 0 bridgehead atoms. The first-order valence-corrected chi connectivity index (χ1v) is 6.33. The summed E-state index contributed by atoms with van der Waals surface area (Å²) in [5.74, 6) is -1.95. The molecule has 1 aromatic heterocycles. The number of carbonyl (C=O) groups excluding carboxylic acids is 1. The normalized spacial score (nSPS) is 22.2. The van der Waals surface area contributed by atoms with Crippen LogP contribution in [0.1, 0.15) is 36.0 Å². The minimum atomic E-state index is -0.870. The molecule has 2 unspecified atom stereocenters. The molecule has 0 saturated heterocycles. The van der Waals surface area contributed by atoms with Gasteiger partial charge in [0, 0.05) is 12.2 Å². The zero-order chi connectivity index (χ0) is 14.7. The van der Waals surface area contributed by atoms with E-state index in [9.17, 15) is 19.2 Å². The van der Waals surface area contributed by atoms with Crippen LogP contribution in [0.5, 0.6) is 0 Å². The average Bonchev–Trinajstić information content (AvgIpc) is 2.38. The van der Waals surface area contributed by atoms with Gasteiger partial charge in [-0.15, -0.1) is 0 Å². The molecule has 0 radical (unpaired) electrons. The Balaban J connectivity index is 2.06. The number of nitrogens with one attached hydrogen (secondary N) is 3. The van der Waals surface area contributed by atoms with Crippen LogP contribution in [0.4, 0.5) is 0 Å². The van der Waals surface area contributed by atoms with Gasteiger partial charge in [-0.25, -0.2) is 4.79 Å². The molecule has 0 spiro atoms. The summed E-state index contributed by atoms with van der Waals surface area (Å²) in [6.45, 7) is 0. The standard InChI is InChI=1S/C12H15N3O5/c16-9(8-5-13-12(20)15-10(8)17)14-7-3-1-2-6(4-7)11(18)19/h5-7H,1-4H2,(H,14,16)(H,18,19)(H2,13,15,17,20). The number of H-pyrrole nitrogens is 2. The van der Waals surface area contributed by atoms with E-state index in [-0.39, 0.29) is 11.6 Å². The number of hydrogen-bond acceptors (Lipinski definition) is 4. The van der Waals surface area contributed by atoms with E-state index < -0.39 is 29.0 Å². The Kier molecular flexibility index (Phi) is 4.02. The molecule has 1 heterocycles. The van der Waals surface area contributed by atoms with Crippen LogP contribution in [0.2, 0.25) is 0 Å². The van der Waals surface area contributed by atoms with Crippen molar-refractivity contribution < 1.29 is 14.7 Å². The van der Waals surface area contributed by atoms with E-state index in [1.54, 1.807) is 0 Å². The van der Waals surface area contributed by atoms with Crippen molar-refractivity contribution in [3.63, 3.8) is 0 Å². The number of aromatic amines is 2. The maximum absolute atomic E-state index is 11.9. The van der Waals surface area contributed by atoms with E-state index in [2.05, 4.69) is 10.3 Å². The van der Waals surface area contributed by atoms with Crippen molar-refractivity contribution in [3.05, 3.63) is 32.6 Å². The Morgan fingerprint density at radius 1 is 1.30 bits per heavy atom. The van der Waals surface area contributed by atoms with Crippen LogP contribution in [0, 0.1) is 5.92 Å². The number of amides is 1. The predicted octanol–water partition coefficient (Wildman–Crippen LogP) is -0.564. The van der Waals surface area contributed by atoms with Gasteiger partial charge < -0.3 is 15.4 Å². The summed E-state index contributed by atoms with van der Waals surface area (Å²) in [6, 6.07) is -0.274. The monoisotopic (exact) mass is 281 g/mol. The van der Waals surface area contributed by atoms with Crippen molar-refractivity contribution in [1.82, 2.24) is 15.3 Å². The molecular formula is C12H15N3O5. The third kappa shape index (κ3) is 3.14. The van der Waals surface area contributed by atoms with E-state index >= 15 is 0 Å². The third-order valence-electron chi connectivity index (χ3n) is 3.42. The minimum Gasteiger partial charge on any atom is -0.481 e. The number of carboxylic acid groups (broad SMARTS) is 1. The lowest BCUT2D eigenvalue weighted by Crippen LogP contribution is -2.42. The second-order valence-electron chi connectivity index (χ2n) is 4.86. The van der Waals surface area contributed by atoms with Crippen molar-refractivity contribution in [2.45, 2.75) is 31.7 Å². The number of carboxylic acids is 1. The maximum atomic E-state index is 11.9. The first-order chi connectivity index (χ1) is 9.47. The van der Waals surface area contributed by atoms with Gasteiger partial charge in [-0.2, -0.15) is 0 Å². The third-order valence-corrected chi connectivity index (χ3v) is 3.42. The van der Waals surface area contributed by atoms with Crippen LogP contribution in [-0.4, -0.2) is 33.0 Å². The molecule has 1 fully saturated rings. The largest absolute Gasteiger partial charge is 0.481 e. The average molecular weight is 281 g/mol. The van der Waals surface area contributed by atoms with Crippen LogP contribution < -0.4 is 16.6 Å². The lowest BCUT2D eigenvalue weighted by molar-refractivity contribution is -0.143. The van der Waals surface area contributed by atoms with Gasteiger partial charge in [-0.3, -0.25) is 19.4 Å². The van der Waals surface area contributed by atoms with Gasteiger partial charge in [0.2, 0.25) is 0 Å². The van der Waals surface area contributed by atoms with Crippen molar-refractivity contribution in [2.24, 2.45) is 5.92 Å². The predicted molar refractivity (Wildman–Crippen MR) is 68.5 cm³/mol. The number of aromatic nitrogens is 2. The number of aliphatic carboxylic acids is 1. The Morgan fingerprint density at radius 2 is 2.05 bits per heavy atom. The molecular weight excluding hydrogens is 266 g/mol. The van der Waals surface area contributed by atoms with Gasteiger partial charge >= 0.3 is 11.7 Å². The van der Waals surface area contributed by atoms with Crippen LogP contribution in [0.3, 0.4) is 0 Å². The van der Waals surface area contributed by atoms with Gasteiger partial charge in [0.05, 0.1) is 5.92 Å². The molecule has 20 heavy (non-hydrogen) atoms. The van der Waals surface area contributed by atoms with Gasteiger partial charge in [-0.1, -0.05) is 6.42 Å². The van der Waals surface area contributed by atoms with Gasteiger partial charge in [0.1, 0.15) is 5.56 Å². The minimum absolute atomic E-state index is 0.193. The number of hydrogen-bond donors (Lipinski definition) is 4. The first-order valence-electron chi connectivity index (χ1n) is 6.33. The molecule has 0 aliphatic heterocycles. The molecule has 1 aromatic rings. The number of carbonyl (C=O) groups is 2. The fourth-order valence-corrected chi connectivity index (χ4v) is 2.39. The zero-order valence-electron chi connectivity index (χ0n) is 10.6.